The number of carbonyl (C=O) groups is 4. The standard InChI is InChI=1S/2C16H19ClO3.Ca/c2*17-14-10-12(15(18)8-9-16(19)20)6-7-13(14)11-4-2-1-3-5-11;/h2*6-7,10-11H,1-5,8-9H2,(H,19,20);. The third kappa shape index (κ3) is 11.6. The predicted octanol–water partition coefficient (Wildman–Crippen LogP) is 8.49. The maximum absolute atomic E-state index is 11.9. The summed E-state index contributed by atoms with van der Waals surface area (Å²) in [6.45, 7) is 0. The number of ketones is 2. The first-order chi connectivity index (χ1) is 19.2. The van der Waals surface area contributed by atoms with Crippen molar-refractivity contribution in [3.63, 3.8) is 0 Å². The average molecular weight is 630 g/mol. The molecule has 2 aliphatic carbocycles. The van der Waals surface area contributed by atoms with Crippen LogP contribution in [-0.2, 0) is 9.59 Å². The molecule has 0 atom stereocenters. The third-order valence-electron chi connectivity index (χ3n) is 7.87. The van der Waals surface area contributed by atoms with E-state index in [1.807, 2.05) is 12.1 Å². The Morgan fingerprint density at radius 2 is 0.927 bits per heavy atom. The molecule has 2 aromatic rings. The number of Topliss-reactive ketones (excluding diaryl/α,β-unsaturated/α-hetero) is 2. The van der Waals surface area contributed by atoms with E-state index in [1.165, 1.54) is 38.5 Å². The van der Waals surface area contributed by atoms with Crippen LogP contribution >= 0.6 is 23.2 Å². The van der Waals surface area contributed by atoms with Gasteiger partial charge < -0.3 is 10.2 Å². The van der Waals surface area contributed by atoms with Crippen LogP contribution in [0.1, 0.15) is 134 Å². The van der Waals surface area contributed by atoms with Gasteiger partial charge in [-0.1, -0.05) is 86.0 Å². The molecule has 2 radical (unpaired) electrons. The Labute approximate surface area is 282 Å². The number of halogens is 2. The van der Waals surface area contributed by atoms with Crippen LogP contribution in [0.5, 0.6) is 0 Å². The van der Waals surface area contributed by atoms with Crippen LogP contribution < -0.4 is 0 Å². The van der Waals surface area contributed by atoms with Crippen molar-refractivity contribution in [2.45, 2.75) is 102 Å². The summed E-state index contributed by atoms with van der Waals surface area (Å²) >= 11 is 12.6. The van der Waals surface area contributed by atoms with E-state index in [1.54, 1.807) is 24.3 Å². The van der Waals surface area contributed by atoms with Gasteiger partial charge in [0.05, 0.1) is 12.8 Å². The van der Waals surface area contributed by atoms with E-state index in [-0.39, 0.29) is 75.0 Å². The summed E-state index contributed by atoms with van der Waals surface area (Å²) in [6, 6.07) is 10.8. The normalized spacial score (nSPS) is 15.7. The molecule has 4 rings (SSSR count). The molecule has 0 aliphatic heterocycles. The fraction of sp³-hybridized carbons (Fsp3) is 0.500. The first kappa shape index (κ1) is 35.8. The molecule has 0 amide bonds. The zero-order valence-electron chi connectivity index (χ0n) is 23.5. The minimum atomic E-state index is -0.955. The summed E-state index contributed by atoms with van der Waals surface area (Å²) in [4.78, 5) is 44.7. The molecule has 9 heteroatoms. The zero-order valence-corrected chi connectivity index (χ0v) is 27.2. The number of benzene rings is 2. The Kier molecular flexibility index (Phi) is 15.9. The second kappa shape index (κ2) is 18.3. The minimum absolute atomic E-state index is 0. The molecule has 0 unspecified atom stereocenters. The van der Waals surface area contributed by atoms with Crippen LogP contribution in [0.2, 0.25) is 10.0 Å². The number of carboxylic acid groups (broad SMARTS) is 2. The van der Waals surface area contributed by atoms with E-state index in [0.717, 1.165) is 36.8 Å². The van der Waals surface area contributed by atoms with Crippen molar-refractivity contribution in [3.8, 4) is 0 Å². The van der Waals surface area contributed by atoms with E-state index < -0.39 is 11.9 Å². The van der Waals surface area contributed by atoms with Crippen LogP contribution in [0, 0.1) is 0 Å². The van der Waals surface area contributed by atoms with Gasteiger partial charge in [0.2, 0.25) is 0 Å². The van der Waals surface area contributed by atoms with Crippen molar-refractivity contribution in [2.24, 2.45) is 0 Å². The number of hydrogen-bond acceptors (Lipinski definition) is 4. The Balaban J connectivity index is 0.000000280. The van der Waals surface area contributed by atoms with Crippen LogP contribution in [0.3, 0.4) is 0 Å². The number of hydrogen-bond donors (Lipinski definition) is 2. The molecule has 0 bridgehead atoms. The van der Waals surface area contributed by atoms with Crippen LogP contribution in [0.25, 0.3) is 0 Å². The molecule has 0 heterocycles. The largest absolute Gasteiger partial charge is 0.481 e. The summed E-state index contributed by atoms with van der Waals surface area (Å²) < 4.78 is 0. The molecule has 0 spiro atoms. The summed E-state index contributed by atoms with van der Waals surface area (Å²) in [5, 5.41) is 18.5. The predicted molar refractivity (Wildman–Crippen MR) is 163 cm³/mol. The molecule has 6 nitrogen and oxygen atoms in total. The molecule has 2 N–H and O–H groups in total. The van der Waals surface area contributed by atoms with Crippen molar-refractivity contribution < 1.29 is 29.4 Å². The monoisotopic (exact) mass is 628 g/mol. The van der Waals surface area contributed by atoms with Gasteiger partial charge in [-0.05, 0) is 60.8 Å². The van der Waals surface area contributed by atoms with Crippen LogP contribution in [0.4, 0.5) is 0 Å². The number of aliphatic carboxylic acids is 2. The van der Waals surface area contributed by atoms with Gasteiger partial charge in [-0.25, -0.2) is 0 Å². The van der Waals surface area contributed by atoms with E-state index in [0.29, 0.717) is 33.0 Å². The summed E-state index contributed by atoms with van der Waals surface area (Å²) in [5.41, 5.74) is 3.27. The van der Waals surface area contributed by atoms with Gasteiger partial charge in [0.1, 0.15) is 0 Å². The molecule has 0 saturated heterocycles. The summed E-state index contributed by atoms with van der Waals surface area (Å²) in [5.74, 6) is -1.24. The second-order valence-electron chi connectivity index (χ2n) is 10.8. The SMILES string of the molecule is O=C(O)CCC(=O)c1ccc(C2CCCCC2)c(Cl)c1.O=C(O)CCC(=O)c1ccc(C2CCCCC2)c(Cl)c1.[Ca]. The van der Waals surface area contributed by atoms with Crippen LogP contribution in [0.15, 0.2) is 36.4 Å². The van der Waals surface area contributed by atoms with Gasteiger partial charge in [-0.15, -0.1) is 0 Å². The van der Waals surface area contributed by atoms with Gasteiger partial charge in [-0.3, -0.25) is 19.2 Å². The number of carbonyl (C=O) groups excluding carboxylic acids is 2. The minimum Gasteiger partial charge on any atom is -0.481 e. The summed E-state index contributed by atoms with van der Waals surface area (Å²) in [7, 11) is 0. The van der Waals surface area contributed by atoms with Gasteiger partial charge in [0, 0.05) is 71.8 Å². The smallest absolute Gasteiger partial charge is 0.303 e. The van der Waals surface area contributed by atoms with Crippen molar-refractivity contribution in [1.82, 2.24) is 0 Å². The Morgan fingerprint density at radius 1 is 0.585 bits per heavy atom. The van der Waals surface area contributed by atoms with E-state index >= 15 is 0 Å². The molecular weight excluding hydrogens is 591 g/mol. The second-order valence-corrected chi connectivity index (χ2v) is 11.6. The molecule has 0 aromatic heterocycles. The quantitative estimate of drug-likeness (QED) is 0.202. The fourth-order valence-corrected chi connectivity index (χ4v) is 6.29. The van der Waals surface area contributed by atoms with Crippen molar-refractivity contribution >= 4 is 84.4 Å². The van der Waals surface area contributed by atoms with Crippen molar-refractivity contribution in [3.05, 3.63) is 68.7 Å². The molecule has 2 aliphatic rings. The average Bonchev–Trinajstić information content (AvgIpc) is 2.95. The molecule has 2 saturated carbocycles. The van der Waals surface area contributed by atoms with Crippen LogP contribution in [-0.4, -0.2) is 71.5 Å². The van der Waals surface area contributed by atoms with E-state index in [4.69, 9.17) is 33.4 Å². The Hall–Kier alpha value is -1.44. The third-order valence-corrected chi connectivity index (χ3v) is 8.52. The van der Waals surface area contributed by atoms with Gasteiger partial charge in [0.25, 0.3) is 0 Å². The maximum Gasteiger partial charge on any atom is 0.303 e. The molecular formula is C32H38CaCl2O6. The Morgan fingerprint density at radius 3 is 1.22 bits per heavy atom. The maximum atomic E-state index is 11.9. The topological polar surface area (TPSA) is 109 Å². The first-order valence-electron chi connectivity index (χ1n) is 14.2. The van der Waals surface area contributed by atoms with Crippen molar-refractivity contribution in [1.29, 1.82) is 0 Å². The first-order valence-corrected chi connectivity index (χ1v) is 15.0. The van der Waals surface area contributed by atoms with Gasteiger partial charge in [0.15, 0.2) is 11.6 Å². The summed E-state index contributed by atoms with van der Waals surface area (Å²) in [6.07, 6.45) is 11.9. The Bertz CT molecular complexity index is 1110. The molecule has 2 fully saturated rings. The van der Waals surface area contributed by atoms with Gasteiger partial charge >= 0.3 is 11.9 Å². The fourth-order valence-electron chi connectivity index (χ4n) is 5.62. The van der Waals surface area contributed by atoms with E-state index in [9.17, 15) is 19.2 Å². The number of carboxylic acids is 2. The molecule has 2 aromatic carbocycles. The molecule has 218 valence electrons. The van der Waals surface area contributed by atoms with E-state index in [2.05, 4.69) is 0 Å². The van der Waals surface area contributed by atoms with Crippen molar-refractivity contribution in [2.75, 3.05) is 0 Å². The van der Waals surface area contributed by atoms with Gasteiger partial charge in [-0.2, -0.15) is 0 Å². The zero-order chi connectivity index (χ0) is 29.1. The molecule has 41 heavy (non-hydrogen) atoms. The number of rotatable bonds is 10.